The first-order valence-corrected chi connectivity index (χ1v) is 34.0. The SMILES string of the molecule is CCCCc1cc2oc3ccccc3c2cc1N1c2cc(-n3c4ccccc4c4cc(C(C)(C)C)ccc43)ccc2B2c3ccc(-n4c5ccccc5c5cc(C(C)(C)C)ccc54)cc3N(c3cc4c(cc3CCCC)oc3ccccc34)c3cc(C(C)(C)C)cc1c32. The fourth-order valence-electron chi connectivity index (χ4n) is 15.8. The molecule has 2 aliphatic heterocycles. The zero-order chi connectivity index (χ0) is 63.6. The van der Waals surface area contributed by atoms with E-state index in [0.717, 1.165) is 93.8 Å². The Morgan fingerprint density at radius 1 is 0.323 bits per heavy atom. The number of unbranched alkanes of at least 4 members (excludes halogenated alkanes) is 2. The molecule has 0 radical (unpaired) electrons. The van der Waals surface area contributed by atoms with Crippen LogP contribution in [0.1, 0.15) is 130 Å². The molecule has 11 aromatic carbocycles. The van der Waals surface area contributed by atoms with Crippen molar-refractivity contribution in [3.63, 3.8) is 0 Å². The molecule has 0 spiro atoms. The summed E-state index contributed by atoms with van der Waals surface area (Å²) in [5, 5.41) is 9.55. The monoisotopic (exact) mass is 1210 g/mol. The highest BCUT2D eigenvalue weighted by Gasteiger charge is 2.46. The summed E-state index contributed by atoms with van der Waals surface area (Å²) in [6, 6.07) is 79.3. The molecule has 4 aromatic heterocycles. The van der Waals surface area contributed by atoms with Gasteiger partial charge in [-0.25, -0.2) is 0 Å². The van der Waals surface area contributed by atoms with Gasteiger partial charge in [-0.3, -0.25) is 0 Å². The van der Waals surface area contributed by atoms with E-state index in [2.05, 4.69) is 301 Å². The predicted octanol–water partition coefficient (Wildman–Crippen LogP) is 22.3. The third-order valence-electron chi connectivity index (χ3n) is 20.7. The molecule has 6 heterocycles. The second kappa shape index (κ2) is 20.9. The van der Waals surface area contributed by atoms with Gasteiger partial charge < -0.3 is 27.8 Å². The van der Waals surface area contributed by atoms with Crippen molar-refractivity contribution in [3.8, 4) is 11.4 Å². The van der Waals surface area contributed by atoms with Crippen LogP contribution in [0, 0.1) is 0 Å². The van der Waals surface area contributed by atoms with E-state index in [1.807, 2.05) is 0 Å². The maximum Gasteiger partial charge on any atom is 0.252 e. The number of hydrogen-bond acceptors (Lipinski definition) is 4. The van der Waals surface area contributed by atoms with Gasteiger partial charge in [0.15, 0.2) is 0 Å². The van der Waals surface area contributed by atoms with Crippen LogP contribution in [-0.4, -0.2) is 15.8 Å². The van der Waals surface area contributed by atoms with Crippen LogP contribution >= 0.6 is 0 Å². The average molecular weight is 1210 g/mol. The molecule has 0 atom stereocenters. The van der Waals surface area contributed by atoms with Crippen molar-refractivity contribution >= 4 is 145 Å². The molecule has 7 heteroatoms. The van der Waals surface area contributed by atoms with E-state index in [1.54, 1.807) is 0 Å². The number of aromatic nitrogens is 2. The molecule has 2 aliphatic rings. The maximum absolute atomic E-state index is 6.82. The van der Waals surface area contributed by atoms with Crippen LogP contribution in [0.3, 0.4) is 0 Å². The fourth-order valence-corrected chi connectivity index (χ4v) is 15.8. The second-order valence-corrected chi connectivity index (χ2v) is 29.8. The minimum absolute atomic E-state index is 0.0114. The van der Waals surface area contributed by atoms with Crippen molar-refractivity contribution in [2.24, 2.45) is 0 Å². The minimum Gasteiger partial charge on any atom is -0.456 e. The van der Waals surface area contributed by atoms with Gasteiger partial charge in [0.05, 0.1) is 33.4 Å². The Bertz CT molecular complexity index is 5260. The van der Waals surface area contributed by atoms with Gasteiger partial charge in [0.2, 0.25) is 0 Å². The van der Waals surface area contributed by atoms with Crippen LogP contribution in [0.4, 0.5) is 34.1 Å². The van der Waals surface area contributed by atoms with E-state index in [-0.39, 0.29) is 23.0 Å². The first kappa shape index (κ1) is 57.2. The second-order valence-electron chi connectivity index (χ2n) is 29.8. The lowest BCUT2D eigenvalue weighted by atomic mass is 9.33. The zero-order valence-electron chi connectivity index (χ0n) is 55.6. The Hall–Kier alpha value is -9.72. The molecule has 0 saturated heterocycles. The van der Waals surface area contributed by atoms with Gasteiger partial charge in [-0.2, -0.15) is 0 Å². The van der Waals surface area contributed by atoms with Crippen molar-refractivity contribution in [2.75, 3.05) is 9.80 Å². The van der Waals surface area contributed by atoms with Crippen molar-refractivity contribution in [1.29, 1.82) is 0 Å². The van der Waals surface area contributed by atoms with Crippen LogP contribution in [-0.2, 0) is 29.1 Å². The van der Waals surface area contributed by atoms with Crippen LogP contribution < -0.4 is 26.2 Å². The summed E-state index contributed by atoms with van der Waals surface area (Å²) in [6.07, 6.45) is 6.01. The first-order valence-electron chi connectivity index (χ1n) is 34.0. The van der Waals surface area contributed by atoms with Crippen LogP contribution in [0.15, 0.2) is 215 Å². The molecular formula is C86H79BN4O2. The molecule has 458 valence electrons. The van der Waals surface area contributed by atoms with Gasteiger partial charge in [0, 0.05) is 77.2 Å². The van der Waals surface area contributed by atoms with E-state index >= 15 is 0 Å². The summed E-state index contributed by atoms with van der Waals surface area (Å²) >= 11 is 0. The number of hydrogen-bond donors (Lipinski definition) is 0. The largest absolute Gasteiger partial charge is 0.456 e. The number of anilines is 6. The fraction of sp³-hybridized carbons (Fsp3) is 0.233. The average Bonchev–Trinajstić information content (AvgIpc) is 1.48. The lowest BCUT2D eigenvalue weighted by molar-refractivity contribution is 0.590. The molecule has 17 rings (SSSR count). The van der Waals surface area contributed by atoms with Crippen molar-refractivity contribution in [1.82, 2.24) is 9.13 Å². The Morgan fingerprint density at radius 2 is 0.720 bits per heavy atom. The van der Waals surface area contributed by atoms with E-state index in [9.17, 15) is 0 Å². The third-order valence-corrected chi connectivity index (χ3v) is 20.7. The summed E-state index contributed by atoms with van der Waals surface area (Å²) in [7, 11) is 0. The zero-order valence-corrected chi connectivity index (χ0v) is 55.6. The quantitative estimate of drug-likeness (QED) is 0.128. The molecule has 0 saturated carbocycles. The number of para-hydroxylation sites is 4. The van der Waals surface area contributed by atoms with Crippen LogP contribution in [0.25, 0.3) is 98.9 Å². The van der Waals surface area contributed by atoms with E-state index in [1.165, 1.54) is 122 Å². The van der Waals surface area contributed by atoms with Gasteiger partial charge in [0.25, 0.3) is 6.71 Å². The smallest absolute Gasteiger partial charge is 0.252 e. The van der Waals surface area contributed by atoms with E-state index < -0.39 is 0 Å². The minimum atomic E-state index is -0.252. The van der Waals surface area contributed by atoms with Crippen LogP contribution in [0.5, 0.6) is 0 Å². The molecule has 0 N–H and O–H groups in total. The van der Waals surface area contributed by atoms with Gasteiger partial charge in [-0.1, -0.05) is 186 Å². The number of benzene rings is 11. The van der Waals surface area contributed by atoms with Gasteiger partial charge in [-0.15, -0.1) is 0 Å². The maximum atomic E-state index is 6.82. The van der Waals surface area contributed by atoms with Gasteiger partial charge in [-0.05, 0) is 195 Å². The van der Waals surface area contributed by atoms with Crippen molar-refractivity contribution < 1.29 is 8.83 Å². The molecule has 0 unspecified atom stereocenters. The summed E-state index contributed by atoms with van der Waals surface area (Å²) in [5.74, 6) is 0. The molecule has 0 amide bonds. The molecule has 0 fully saturated rings. The molecule has 0 bridgehead atoms. The molecule has 15 aromatic rings. The Kier molecular flexibility index (Phi) is 12.9. The Morgan fingerprint density at radius 3 is 1.14 bits per heavy atom. The van der Waals surface area contributed by atoms with E-state index in [0.29, 0.717) is 0 Å². The Balaban J connectivity index is 1.01. The van der Waals surface area contributed by atoms with Crippen molar-refractivity contribution in [3.05, 3.63) is 234 Å². The number of fused-ring (bicyclic) bond motifs is 16. The number of aryl methyl sites for hydroxylation is 2. The predicted molar refractivity (Wildman–Crippen MR) is 397 cm³/mol. The third kappa shape index (κ3) is 8.89. The summed E-state index contributed by atoms with van der Waals surface area (Å²) in [6.45, 7) is 25.6. The number of nitrogens with zero attached hydrogens (tertiary/aromatic N) is 4. The topological polar surface area (TPSA) is 42.6 Å². The lowest BCUT2D eigenvalue weighted by Gasteiger charge is -2.46. The lowest BCUT2D eigenvalue weighted by Crippen LogP contribution is -2.61. The molecule has 6 nitrogen and oxygen atoms in total. The van der Waals surface area contributed by atoms with Gasteiger partial charge in [0.1, 0.15) is 22.3 Å². The molecule has 0 aliphatic carbocycles. The normalized spacial score (nSPS) is 13.5. The summed E-state index contributed by atoms with van der Waals surface area (Å²) in [5.41, 5.74) is 27.9. The highest BCUT2D eigenvalue weighted by atomic mass is 16.3. The van der Waals surface area contributed by atoms with Crippen LogP contribution in [0.2, 0.25) is 0 Å². The van der Waals surface area contributed by atoms with E-state index in [4.69, 9.17) is 8.83 Å². The Labute approximate surface area is 545 Å². The van der Waals surface area contributed by atoms with Crippen molar-refractivity contribution in [2.45, 2.75) is 131 Å². The molecule has 93 heavy (non-hydrogen) atoms. The standard InChI is InChI=1S/C86H79BN4O2/c1-12-14-24-52-42-81-65(61-28-18-22-32-79(61)92-81)50-73(52)90-75-48-57(88-69-30-20-16-26-59(69)63-44-54(84(3,4)5)34-40-71(63)88)36-38-67(75)87-68-39-37-58(89-70-31-21-17-27-60(70)64-45-55(85(6,7)8)35-41-72(64)89)49-76(68)91(78-47-56(86(9,10)11)46-77(90)83(78)87)74-51-66-62-29-19-23-33-80(62)93-82(66)43-53(74)25-15-13-2/h16-23,26-51H,12-15,24-25H2,1-11H3. The number of rotatable bonds is 10. The summed E-state index contributed by atoms with van der Waals surface area (Å²) in [4.78, 5) is 5.40. The summed E-state index contributed by atoms with van der Waals surface area (Å²) < 4.78 is 18.7. The first-order chi connectivity index (χ1) is 44.9. The van der Waals surface area contributed by atoms with Gasteiger partial charge >= 0.3 is 0 Å². The highest BCUT2D eigenvalue weighted by Crippen LogP contribution is 2.51. The number of furan rings is 2. The highest BCUT2D eigenvalue weighted by molar-refractivity contribution is 7.00. The molecular weight excluding hydrogens is 1130 g/mol.